The Labute approximate surface area is 176 Å². The number of dihydropyridines is 1. The zero-order valence-electron chi connectivity index (χ0n) is 16.4. The topological polar surface area (TPSA) is 152 Å². The molecular weight excluding hydrogens is 406 g/mol. The number of benzene rings is 1. The molecule has 1 unspecified atom stereocenters. The molecule has 160 valence electrons. The summed E-state index contributed by atoms with van der Waals surface area (Å²) in [6.07, 6.45) is 3.23. The molecule has 1 aromatic heterocycles. The van der Waals surface area contributed by atoms with Gasteiger partial charge in [-0.3, -0.25) is 15.1 Å². The fraction of sp³-hybridized carbons (Fsp3) is 0.190. The number of nitro benzene ring substituents is 1. The van der Waals surface area contributed by atoms with Crippen LogP contribution in [0.5, 0.6) is 0 Å². The monoisotopic (exact) mass is 425 g/mol. The van der Waals surface area contributed by atoms with Crippen molar-refractivity contribution >= 4 is 17.6 Å². The molecule has 1 atom stereocenters. The predicted molar refractivity (Wildman–Crippen MR) is 108 cm³/mol. The summed E-state index contributed by atoms with van der Waals surface area (Å²) in [5.74, 6) is -3.89. The van der Waals surface area contributed by atoms with Crippen molar-refractivity contribution in [3.05, 3.63) is 92.6 Å². The number of nitrogens with one attached hydrogen (secondary N) is 1. The first kappa shape index (κ1) is 21.7. The van der Waals surface area contributed by atoms with Crippen molar-refractivity contribution < 1.29 is 29.5 Å². The number of nitrogens with zero attached hydrogens (tertiary/aromatic N) is 2. The molecule has 3 rings (SSSR count). The van der Waals surface area contributed by atoms with Gasteiger partial charge in [0, 0.05) is 30.2 Å². The van der Waals surface area contributed by atoms with Crippen LogP contribution in [0.1, 0.15) is 24.0 Å². The van der Waals surface area contributed by atoms with Crippen molar-refractivity contribution in [2.24, 2.45) is 0 Å². The van der Waals surface area contributed by atoms with E-state index in [-0.39, 0.29) is 47.0 Å². The molecule has 2 aromatic rings. The third-order valence-electron chi connectivity index (χ3n) is 4.76. The first-order valence-corrected chi connectivity index (χ1v) is 9.18. The standard InChI is InChI=1S/C21H19N3O7/c1-12-17(20(25)26)18(14-5-2-6-15(8-14)24(29)30)19(21(27)28)16(23-12)11-31-10-13-4-3-7-22-9-13/h2-9,18,23H,10-11H2,1H3,(H,25,26)(H,27,28). The minimum atomic E-state index is -1.35. The second-order valence-corrected chi connectivity index (χ2v) is 6.81. The first-order chi connectivity index (χ1) is 14.8. The molecule has 0 spiro atoms. The SMILES string of the molecule is CC1=C(C(=O)O)C(c2cccc([N+](=O)[O-])c2)C(C(=O)O)=C(COCc2cccnc2)N1. The van der Waals surface area contributed by atoms with Gasteiger partial charge in [-0.05, 0) is 24.1 Å². The van der Waals surface area contributed by atoms with Crippen LogP contribution in [-0.2, 0) is 20.9 Å². The molecular formula is C21H19N3O7. The zero-order valence-corrected chi connectivity index (χ0v) is 16.4. The number of hydrogen-bond donors (Lipinski definition) is 3. The molecule has 31 heavy (non-hydrogen) atoms. The van der Waals surface area contributed by atoms with Crippen LogP contribution in [0.3, 0.4) is 0 Å². The Balaban J connectivity index is 2.02. The number of non-ortho nitro benzene ring substituents is 1. The highest BCUT2D eigenvalue weighted by atomic mass is 16.6. The van der Waals surface area contributed by atoms with Crippen LogP contribution in [0.2, 0.25) is 0 Å². The number of rotatable bonds is 8. The highest BCUT2D eigenvalue weighted by Crippen LogP contribution is 2.39. The van der Waals surface area contributed by atoms with Gasteiger partial charge >= 0.3 is 11.9 Å². The lowest BCUT2D eigenvalue weighted by atomic mass is 9.80. The van der Waals surface area contributed by atoms with Crippen molar-refractivity contribution in [3.8, 4) is 0 Å². The van der Waals surface area contributed by atoms with Crippen molar-refractivity contribution in [3.63, 3.8) is 0 Å². The minimum Gasteiger partial charge on any atom is -0.478 e. The Hall–Kier alpha value is -4.05. The molecule has 1 aromatic carbocycles. The lowest BCUT2D eigenvalue weighted by Crippen LogP contribution is -2.33. The summed E-state index contributed by atoms with van der Waals surface area (Å²) in [7, 11) is 0. The van der Waals surface area contributed by atoms with Crippen LogP contribution in [-0.4, -0.2) is 38.7 Å². The summed E-state index contributed by atoms with van der Waals surface area (Å²) in [6.45, 7) is 1.54. The Morgan fingerprint density at radius 2 is 1.90 bits per heavy atom. The number of nitro groups is 1. The van der Waals surface area contributed by atoms with Gasteiger partial charge in [-0.25, -0.2) is 9.59 Å². The number of carboxylic acid groups (broad SMARTS) is 2. The van der Waals surface area contributed by atoms with E-state index in [4.69, 9.17) is 4.74 Å². The van der Waals surface area contributed by atoms with Gasteiger partial charge in [0.1, 0.15) is 0 Å². The molecule has 10 heteroatoms. The van der Waals surface area contributed by atoms with Crippen molar-refractivity contribution in [2.75, 3.05) is 6.61 Å². The highest BCUT2D eigenvalue weighted by Gasteiger charge is 2.38. The number of allylic oxidation sites excluding steroid dienone is 1. The maximum absolute atomic E-state index is 12.2. The van der Waals surface area contributed by atoms with E-state index in [9.17, 15) is 29.9 Å². The average molecular weight is 425 g/mol. The Bertz CT molecular complexity index is 1090. The summed E-state index contributed by atoms with van der Waals surface area (Å²) < 4.78 is 5.63. The van der Waals surface area contributed by atoms with Crippen LogP contribution < -0.4 is 5.32 Å². The molecule has 0 bridgehead atoms. The van der Waals surface area contributed by atoms with Crippen LogP contribution in [0, 0.1) is 10.1 Å². The second-order valence-electron chi connectivity index (χ2n) is 6.81. The molecule has 0 saturated carbocycles. The van der Waals surface area contributed by atoms with E-state index in [0.29, 0.717) is 0 Å². The lowest BCUT2D eigenvalue weighted by Gasteiger charge is -2.30. The quantitative estimate of drug-likeness (QED) is 0.428. The summed E-state index contributed by atoms with van der Waals surface area (Å²) in [5.41, 5.74) is 0.671. The fourth-order valence-corrected chi connectivity index (χ4v) is 3.45. The predicted octanol–water partition coefficient (Wildman–Crippen LogP) is 2.59. The summed E-state index contributed by atoms with van der Waals surface area (Å²) in [4.78, 5) is 38.7. The highest BCUT2D eigenvalue weighted by molar-refractivity contribution is 5.98. The van der Waals surface area contributed by atoms with E-state index in [1.807, 2.05) is 0 Å². The third-order valence-corrected chi connectivity index (χ3v) is 4.76. The van der Waals surface area contributed by atoms with Crippen LogP contribution >= 0.6 is 0 Å². The molecule has 0 amide bonds. The van der Waals surface area contributed by atoms with Crippen LogP contribution in [0.15, 0.2) is 71.3 Å². The molecule has 0 saturated heterocycles. The smallest absolute Gasteiger partial charge is 0.334 e. The van der Waals surface area contributed by atoms with Gasteiger partial charge in [-0.2, -0.15) is 0 Å². The van der Waals surface area contributed by atoms with E-state index in [1.54, 1.807) is 24.5 Å². The molecule has 1 aliphatic heterocycles. The van der Waals surface area contributed by atoms with Crippen LogP contribution in [0.4, 0.5) is 5.69 Å². The van der Waals surface area contributed by atoms with E-state index in [2.05, 4.69) is 10.3 Å². The number of carbonyl (C=O) groups is 2. The fourth-order valence-electron chi connectivity index (χ4n) is 3.45. The summed E-state index contributed by atoms with van der Waals surface area (Å²) in [6, 6.07) is 8.84. The number of hydrogen-bond acceptors (Lipinski definition) is 7. The minimum absolute atomic E-state index is 0.133. The van der Waals surface area contributed by atoms with Gasteiger partial charge in [0.2, 0.25) is 0 Å². The summed E-state index contributed by atoms with van der Waals surface area (Å²) >= 11 is 0. The number of pyridine rings is 1. The average Bonchev–Trinajstić information content (AvgIpc) is 2.73. The second kappa shape index (κ2) is 9.18. The Morgan fingerprint density at radius 3 is 2.52 bits per heavy atom. The van der Waals surface area contributed by atoms with Gasteiger partial charge in [0.25, 0.3) is 5.69 Å². The lowest BCUT2D eigenvalue weighted by molar-refractivity contribution is -0.384. The molecule has 0 fully saturated rings. The number of carboxylic acids is 2. The van der Waals surface area contributed by atoms with Gasteiger partial charge in [-0.1, -0.05) is 18.2 Å². The first-order valence-electron chi connectivity index (χ1n) is 9.18. The largest absolute Gasteiger partial charge is 0.478 e. The summed E-state index contributed by atoms with van der Waals surface area (Å²) in [5, 5.41) is 33.7. The third kappa shape index (κ3) is 4.75. The van der Waals surface area contributed by atoms with Gasteiger partial charge in [-0.15, -0.1) is 0 Å². The normalized spacial score (nSPS) is 16.1. The van der Waals surface area contributed by atoms with Crippen molar-refractivity contribution in [1.82, 2.24) is 10.3 Å². The number of ether oxygens (including phenoxy) is 1. The van der Waals surface area contributed by atoms with Crippen molar-refractivity contribution in [2.45, 2.75) is 19.4 Å². The van der Waals surface area contributed by atoms with E-state index in [0.717, 1.165) is 5.56 Å². The van der Waals surface area contributed by atoms with Crippen molar-refractivity contribution in [1.29, 1.82) is 0 Å². The van der Waals surface area contributed by atoms with Gasteiger partial charge in [0.15, 0.2) is 0 Å². The molecule has 0 aliphatic carbocycles. The van der Waals surface area contributed by atoms with E-state index >= 15 is 0 Å². The maximum atomic E-state index is 12.2. The van der Waals surface area contributed by atoms with E-state index < -0.39 is 22.8 Å². The van der Waals surface area contributed by atoms with Gasteiger partial charge < -0.3 is 20.3 Å². The number of aliphatic carboxylic acids is 2. The number of aromatic nitrogens is 1. The van der Waals surface area contributed by atoms with Gasteiger partial charge in [0.05, 0.1) is 40.9 Å². The Morgan fingerprint density at radius 1 is 1.16 bits per heavy atom. The van der Waals surface area contributed by atoms with E-state index in [1.165, 1.54) is 31.2 Å². The molecule has 2 heterocycles. The molecule has 0 radical (unpaired) electrons. The molecule has 1 aliphatic rings. The maximum Gasteiger partial charge on any atom is 0.334 e. The molecule has 10 nitrogen and oxygen atoms in total. The van der Waals surface area contributed by atoms with Crippen LogP contribution in [0.25, 0.3) is 0 Å². The zero-order chi connectivity index (χ0) is 22.5. The molecule has 3 N–H and O–H groups in total. The Kier molecular flexibility index (Phi) is 6.41.